The van der Waals surface area contributed by atoms with E-state index in [0.29, 0.717) is 0 Å². The van der Waals surface area contributed by atoms with Gasteiger partial charge < -0.3 is 0 Å². The zero-order valence-electron chi connectivity index (χ0n) is 4.53. The summed E-state index contributed by atoms with van der Waals surface area (Å²) in [5, 5.41) is 0. The van der Waals surface area contributed by atoms with Crippen molar-refractivity contribution < 1.29 is 16.0 Å². The summed E-state index contributed by atoms with van der Waals surface area (Å²) in [6, 6.07) is 0. The molecule has 4 nitrogen and oxygen atoms in total. The second kappa shape index (κ2) is 7.56. The molecular formula is C2H8O4Se2. The first-order valence-electron chi connectivity index (χ1n) is 1.51. The van der Waals surface area contributed by atoms with Crippen molar-refractivity contribution >= 4 is 28.3 Å². The Labute approximate surface area is 56.3 Å². The van der Waals surface area contributed by atoms with E-state index in [2.05, 4.69) is 0 Å². The molecule has 0 rings (SSSR count). The maximum atomic E-state index is 9.21. The molecule has 0 bridgehead atoms. The van der Waals surface area contributed by atoms with Crippen LogP contribution in [0.3, 0.4) is 0 Å². The van der Waals surface area contributed by atoms with Crippen molar-refractivity contribution in [3.05, 3.63) is 0 Å². The first kappa shape index (κ1) is 11.4. The molecule has 0 aliphatic carbocycles. The van der Waals surface area contributed by atoms with Crippen LogP contribution in [0.5, 0.6) is 0 Å². The van der Waals surface area contributed by atoms with Crippen LogP contribution < -0.4 is 0 Å². The summed E-state index contributed by atoms with van der Waals surface area (Å²) in [6.07, 6.45) is 0. The van der Waals surface area contributed by atoms with E-state index in [1.165, 1.54) is 11.6 Å². The fraction of sp³-hybridized carbons (Fsp3) is 1.00. The SMILES string of the molecule is C[Se](=O)O.C[Se](=O)O. The normalized spacial score (nSPS) is 15.5. The van der Waals surface area contributed by atoms with E-state index in [4.69, 9.17) is 8.38 Å². The Morgan fingerprint density at radius 3 is 1.00 bits per heavy atom. The Balaban J connectivity index is 0. The third-order valence-electron chi connectivity index (χ3n) is 0. The number of hydrogen-bond acceptors (Lipinski definition) is 2. The Morgan fingerprint density at radius 1 is 1.00 bits per heavy atom. The van der Waals surface area contributed by atoms with E-state index in [1.54, 1.807) is 0 Å². The third-order valence-corrected chi connectivity index (χ3v) is 0. The second-order valence-electron chi connectivity index (χ2n) is 0.848. The topological polar surface area (TPSA) is 74.6 Å². The molecular weight excluding hydrogens is 246 g/mol. The van der Waals surface area contributed by atoms with E-state index in [0.717, 1.165) is 0 Å². The van der Waals surface area contributed by atoms with Gasteiger partial charge in [0.15, 0.2) is 0 Å². The van der Waals surface area contributed by atoms with Gasteiger partial charge >= 0.3 is 56.0 Å². The van der Waals surface area contributed by atoms with Crippen molar-refractivity contribution in [1.29, 1.82) is 0 Å². The monoisotopic (exact) mass is 256 g/mol. The van der Waals surface area contributed by atoms with Crippen molar-refractivity contribution in [2.45, 2.75) is 11.6 Å². The molecule has 0 saturated heterocycles. The quantitative estimate of drug-likeness (QED) is 0.547. The van der Waals surface area contributed by atoms with Gasteiger partial charge in [0.2, 0.25) is 0 Å². The molecule has 52 valence electrons. The summed E-state index contributed by atoms with van der Waals surface area (Å²) in [5.41, 5.74) is 0. The Bertz CT molecular complexity index is 70.0. The zero-order chi connectivity index (χ0) is 7.15. The molecule has 0 aromatic carbocycles. The average Bonchev–Trinajstić information content (AvgIpc) is 1.25. The average molecular weight is 254 g/mol. The summed E-state index contributed by atoms with van der Waals surface area (Å²) in [6.45, 7) is 0. The van der Waals surface area contributed by atoms with Crippen LogP contribution in [0.2, 0.25) is 11.6 Å². The molecule has 2 atom stereocenters. The van der Waals surface area contributed by atoms with E-state index in [1.807, 2.05) is 0 Å². The Kier molecular flexibility index (Phi) is 10.7. The molecule has 0 heterocycles. The van der Waals surface area contributed by atoms with Gasteiger partial charge in [0.05, 0.1) is 0 Å². The van der Waals surface area contributed by atoms with Crippen molar-refractivity contribution in [1.82, 2.24) is 0 Å². The first-order chi connectivity index (χ1) is 3.46. The standard InChI is InChI=1S/2CH4O2Se/c2*1-4(2)3/h2*1H3,(H,2,3). The van der Waals surface area contributed by atoms with Crippen molar-refractivity contribution in [3.8, 4) is 0 Å². The predicted octanol–water partition coefficient (Wildman–Crippen LogP) is -0.946. The second-order valence-corrected chi connectivity index (χ2v) is 4.40. The van der Waals surface area contributed by atoms with Gasteiger partial charge in [0.25, 0.3) is 0 Å². The van der Waals surface area contributed by atoms with Gasteiger partial charge in [-0.05, 0) is 0 Å². The Hall–Kier alpha value is 0.559. The van der Waals surface area contributed by atoms with Crippen molar-refractivity contribution in [2.75, 3.05) is 0 Å². The summed E-state index contributed by atoms with van der Waals surface area (Å²) in [5.74, 6) is 2.58. The summed E-state index contributed by atoms with van der Waals surface area (Å²) in [4.78, 5) is 0. The van der Waals surface area contributed by atoms with Crippen LogP contribution >= 0.6 is 0 Å². The van der Waals surface area contributed by atoms with Gasteiger partial charge in [-0.15, -0.1) is 0 Å². The minimum absolute atomic E-state index is 1.29. The minimum atomic E-state index is -2.29. The molecule has 2 unspecified atom stereocenters. The van der Waals surface area contributed by atoms with Crippen LogP contribution in [0.15, 0.2) is 0 Å². The molecule has 0 saturated carbocycles. The predicted molar refractivity (Wildman–Crippen MR) is 29.0 cm³/mol. The molecule has 2 N–H and O–H groups in total. The fourth-order valence-corrected chi connectivity index (χ4v) is 0. The van der Waals surface area contributed by atoms with Crippen LogP contribution in [-0.2, 0) is 7.67 Å². The van der Waals surface area contributed by atoms with Crippen LogP contribution in [0.25, 0.3) is 0 Å². The molecule has 0 aliphatic heterocycles. The summed E-state index contributed by atoms with van der Waals surface area (Å²) in [7, 11) is 0. The van der Waals surface area contributed by atoms with Gasteiger partial charge in [-0.25, -0.2) is 0 Å². The first-order valence-corrected chi connectivity index (χ1v) is 7.87. The molecule has 8 heavy (non-hydrogen) atoms. The molecule has 0 fully saturated rings. The Morgan fingerprint density at radius 2 is 1.00 bits per heavy atom. The van der Waals surface area contributed by atoms with Crippen LogP contribution in [-0.4, -0.2) is 36.7 Å². The van der Waals surface area contributed by atoms with E-state index in [9.17, 15) is 7.67 Å². The van der Waals surface area contributed by atoms with Crippen molar-refractivity contribution in [3.63, 3.8) is 0 Å². The van der Waals surface area contributed by atoms with Crippen molar-refractivity contribution in [2.24, 2.45) is 0 Å². The molecule has 6 heteroatoms. The number of rotatable bonds is 0. The van der Waals surface area contributed by atoms with E-state index >= 15 is 0 Å². The molecule has 0 amide bonds. The molecule has 0 aromatic heterocycles. The van der Waals surface area contributed by atoms with Gasteiger partial charge in [0, 0.05) is 0 Å². The zero-order valence-corrected chi connectivity index (χ0v) is 7.95. The third kappa shape index (κ3) is 649. The molecule has 0 spiro atoms. The van der Waals surface area contributed by atoms with Crippen LogP contribution in [0.4, 0.5) is 0 Å². The maximum absolute atomic E-state index is 9.21. The summed E-state index contributed by atoms with van der Waals surface area (Å²) >= 11 is -4.58. The number of hydrogen-bond donors (Lipinski definition) is 2. The molecule has 0 aliphatic rings. The van der Waals surface area contributed by atoms with Gasteiger partial charge in [-0.2, -0.15) is 0 Å². The molecule has 0 radical (unpaired) electrons. The van der Waals surface area contributed by atoms with Crippen LogP contribution in [0, 0.1) is 0 Å². The summed E-state index contributed by atoms with van der Waals surface area (Å²) < 4.78 is 33.7. The van der Waals surface area contributed by atoms with Gasteiger partial charge in [-0.1, -0.05) is 0 Å². The van der Waals surface area contributed by atoms with Crippen LogP contribution in [0.1, 0.15) is 0 Å². The molecule has 0 aromatic rings. The van der Waals surface area contributed by atoms with Gasteiger partial charge in [0.1, 0.15) is 0 Å². The fourth-order valence-electron chi connectivity index (χ4n) is 0. The van der Waals surface area contributed by atoms with E-state index < -0.39 is 28.3 Å². The van der Waals surface area contributed by atoms with E-state index in [-0.39, 0.29) is 0 Å². The van der Waals surface area contributed by atoms with Gasteiger partial charge in [-0.3, -0.25) is 0 Å².